The summed E-state index contributed by atoms with van der Waals surface area (Å²) in [6.07, 6.45) is 0.879. The normalized spacial score (nSPS) is 11.9. The number of carboxylic acids is 1. The molecule has 1 aromatic carbocycles. The minimum atomic E-state index is -0.908. The van der Waals surface area contributed by atoms with Crippen molar-refractivity contribution in [3.8, 4) is 11.5 Å². The molecule has 5 heteroatoms. The lowest BCUT2D eigenvalue weighted by Crippen LogP contribution is -2.41. The van der Waals surface area contributed by atoms with Gasteiger partial charge in [0.15, 0.2) is 0 Å². The molecule has 0 radical (unpaired) electrons. The van der Waals surface area contributed by atoms with Crippen molar-refractivity contribution >= 4 is 5.97 Å². The third kappa shape index (κ3) is 5.61. The first kappa shape index (κ1) is 15.3. The Hall–Kier alpha value is -1.75. The summed E-state index contributed by atoms with van der Waals surface area (Å²) in [7, 11) is 0. The maximum Gasteiger partial charge on any atom is 0.324 e. The van der Waals surface area contributed by atoms with Gasteiger partial charge in [0, 0.05) is 6.07 Å². The van der Waals surface area contributed by atoms with Gasteiger partial charge in [-0.1, -0.05) is 13.0 Å². The van der Waals surface area contributed by atoms with Crippen molar-refractivity contribution in [2.75, 3.05) is 19.8 Å². The van der Waals surface area contributed by atoms with E-state index in [0.717, 1.165) is 6.42 Å². The molecule has 1 atom stereocenters. The van der Waals surface area contributed by atoms with Gasteiger partial charge >= 0.3 is 5.97 Å². The zero-order chi connectivity index (χ0) is 14.1. The van der Waals surface area contributed by atoms with Crippen LogP contribution in [0, 0.1) is 0 Å². The van der Waals surface area contributed by atoms with E-state index in [1.54, 1.807) is 12.1 Å². The molecule has 0 spiro atoms. The van der Waals surface area contributed by atoms with Gasteiger partial charge in [-0.25, -0.2) is 0 Å². The number of hydrogen-bond acceptors (Lipinski definition) is 4. The van der Waals surface area contributed by atoms with E-state index in [-0.39, 0.29) is 6.61 Å². The Morgan fingerprint density at radius 2 is 2.00 bits per heavy atom. The maximum absolute atomic E-state index is 11.0. The SMILES string of the molecule is CCCNC(COc1cccc(OCC)c1)C(=O)O. The van der Waals surface area contributed by atoms with E-state index in [0.29, 0.717) is 24.7 Å². The summed E-state index contributed by atoms with van der Waals surface area (Å²) in [4.78, 5) is 11.0. The van der Waals surface area contributed by atoms with Crippen LogP contribution in [0.15, 0.2) is 24.3 Å². The van der Waals surface area contributed by atoms with E-state index >= 15 is 0 Å². The average Bonchev–Trinajstić information content (AvgIpc) is 2.39. The van der Waals surface area contributed by atoms with E-state index in [1.807, 2.05) is 26.0 Å². The second-order valence-corrected chi connectivity index (χ2v) is 4.06. The summed E-state index contributed by atoms with van der Waals surface area (Å²) < 4.78 is 10.8. The van der Waals surface area contributed by atoms with Crippen LogP contribution in [0.2, 0.25) is 0 Å². The Kier molecular flexibility index (Phi) is 6.74. The molecule has 0 bridgehead atoms. The Morgan fingerprint density at radius 3 is 2.58 bits per heavy atom. The van der Waals surface area contributed by atoms with E-state index in [9.17, 15) is 4.79 Å². The van der Waals surface area contributed by atoms with Gasteiger partial charge in [0.25, 0.3) is 0 Å². The number of ether oxygens (including phenoxy) is 2. The molecular formula is C14H21NO4. The highest BCUT2D eigenvalue weighted by Gasteiger charge is 2.17. The number of carboxylic acid groups (broad SMARTS) is 1. The zero-order valence-electron chi connectivity index (χ0n) is 11.4. The van der Waals surface area contributed by atoms with Gasteiger partial charge in [-0.2, -0.15) is 0 Å². The van der Waals surface area contributed by atoms with Crippen molar-refractivity contribution < 1.29 is 19.4 Å². The molecule has 0 saturated carbocycles. The van der Waals surface area contributed by atoms with Gasteiger partial charge in [0.2, 0.25) is 0 Å². The lowest BCUT2D eigenvalue weighted by Gasteiger charge is -2.15. The second kappa shape index (κ2) is 8.37. The molecule has 0 aliphatic carbocycles. The van der Waals surface area contributed by atoms with Crippen molar-refractivity contribution in [2.24, 2.45) is 0 Å². The van der Waals surface area contributed by atoms with E-state index in [4.69, 9.17) is 14.6 Å². The molecule has 0 heterocycles. The highest BCUT2D eigenvalue weighted by Crippen LogP contribution is 2.19. The zero-order valence-corrected chi connectivity index (χ0v) is 11.4. The number of benzene rings is 1. The van der Waals surface area contributed by atoms with Gasteiger partial charge < -0.3 is 19.9 Å². The molecule has 0 aliphatic rings. The number of rotatable bonds is 9. The summed E-state index contributed by atoms with van der Waals surface area (Å²) in [6.45, 7) is 5.21. The molecule has 0 amide bonds. The molecule has 0 aliphatic heterocycles. The summed E-state index contributed by atoms with van der Waals surface area (Å²) in [5, 5.41) is 12.0. The number of carbonyl (C=O) groups is 1. The first-order chi connectivity index (χ1) is 9.17. The van der Waals surface area contributed by atoms with Crippen LogP contribution < -0.4 is 14.8 Å². The molecule has 1 unspecified atom stereocenters. The molecule has 0 saturated heterocycles. The first-order valence-electron chi connectivity index (χ1n) is 6.49. The van der Waals surface area contributed by atoms with Crippen LogP contribution in [-0.2, 0) is 4.79 Å². The minimum absolute atomic E-state index is 0.0882. The van der Waals surface area contributed by atoms with Crippen LogP contribution in [0.1, 0.15) is 20.3 Å². The second-order valence-electron chi connectivity index (χ2n) is 4.06. The predicted molar refractivity (Wildman–Crippen MR) is 72.8 cm³/mol. The van der Waals surface area contributed by atoms with Gasteiger partial charge in [0.1, 0.15) is 24.1 Å². The summed E-state index contributed by atoms with van der Waals surface area (Å²) in [6, 6.07) is 6.48. The number of hydrogen-bond donors (Lipinski definition) is 2. The third-order valence-electron chi connectivity index (χ3n) is 2.47. The quantitative estimate of drug-likeness (QED) is 0.715. The molecule has 0 fully saturated rings. The lowest BCUT2D eigenvalue weighted by molar-refractivity contribution is -0.140. The molecule has 0 aromatic heterocycles. The van der Waals surface area contributed by atoms with Crippen LogP contribution in [-0.4, -0.2) is 36.9 Å². The maximum atomic E-state index is 11.0. The van der Waals surface area contributed by atoms with Crippen LogP contribution in [0.3, 0.4) is 0 Å². The fourth-order valence-electron chi connectivity index (χ4n) is 1.54. The van der Waals surface area contributed by atoms with Crippen molar-refractivity contribution in [3.05, 3.63) is 24.3 Å². The molecule has 19 heavy (non-hydrogen) atoms. The molecule has 2 N–H and O–H groups in total. The van der Waals surface area contributed by atoms with Gasteiger partial charge in [-0.15, -0.1) is 0 Å². The molecule has 1 rings (SSSR count). The highest BCUT2D eigenvalue weighted by atomic mass is 16.5. The Labute approximate surface area is 113 Å². The molecule has 106 valence electrons. The molecule has 5 nitrogen and oxygen atoms in total. The van der Waals surface area contributed by atoms with Gasteiger partial charge in [-0.3, -0.25) is 4.79 Å². The van der Waals surface area contributed by atoms with Crippen molar-refractivity contribution in [2.45, 2.75) is 26.3 Å². The highest BCUT2D eigenvalue weighted by molar-refractivity contribution is 5.73. The predicted octanol–water partition coefficient (Wildman–Crippen LogP) is 1.92. The van der Waals surface area contributed by atoms with Gasteiger partial charge in [0.05, 0.1) is 6.61 Å². The van der Waals surface area contributed by atoms with Crippen LogP contribution in [0.5, 0.6) is 11.5 Å². The molecular weight excluding hydrogens is 246 g/mol. The van der Waals surface area contributed by atoms with E-state index in [2.05, 4.69) is 5.32 Å². The fraction of sp³-hybridized carbons (Fsp3) is 0.500. The topological polar surface area (TPSA) is 67.8 Å². The van der Waals surface area contributed by atoms with E-state index in [1.165, 1.54) is 0 Å². The van der Waals surface area contributed by atoms with Crippen LogP contribution in [0.25, 0.3) is 0 Å². The smallest absolute Gasteiger partial charge is 0.324 e. The van der Waals surface area contributed by atoms with Crippen molar-refractivity contribution in [1.29, 1.82) is 0 Å². The van der Waals surface area contributed by atoms with E-state index < -0.39 is 12.0 Å². The monoisotopic (exact) mass is 267 g/mol. The van der Waals surface area contributed by atoms with Crippen molar-refractivity contribution in [3.63, 3.8) is 0 Å². The Balaban J connectivity index is 2.53. The summed E-state index contributed by atoms with van der Waals surface area (Å²) >= 11 is 0. The number of nitrogens with one attached hydrogen (secondary N) is 1. The Morgan fingerprint density at radius 1 is 1.32 bits per heavy atom. The Bertz CT molecular complexity index is 395. The standard InChI is InChI=1S/C14H21NO4/c1-3-8-15-13(14(16)17)10-19-12-7-5-6-11(9-12)18-4-2/h5-7,9,13,15H,3-4,8,10H2,1-2H3,(H,16,17). The third-order valence-corrected chi connectivity index (χ3v) is 2.47. The largest absolute Gasteiger partial charge is 0.494 e. The minimum Gasteiger partial charge on any atom is -0.494 e. The lowest BCUT2D eigenvalue weighted by atomic mass is 10.3. The average molecular weight is 267 g/mol. The van der Waals surface area contributed by atoms with Crippen LogP contribution in [0.4, 0.5) is 0 Å². The van der Waals surface area contributed by atoms with Crippen molar-refractivity contribution in [1.82, 2.24) is 5.32 Å². The van der Waals surface area contributed by atoms with Gasteiger partial charge in [-0.05, 0) is 32.0 Å². The van der Waals surface area contributed by atoms with Crippen LogP contribution >= 0.6 is 0 Å². The summed E-state index contributed by atoms with van der Waals surface area (Å²) in [5.41, 5.74) is 0. The molecule has 1 aromatic rings. The fourth-order valence-corrected chi connectivity index (χ4v) is 1.54. The first-order valence-corrected chi connectivity index (χ1v) is 6.49. The number of aliphatic carboxylic acids is 1. The summed E-state index contributed by atoms with van der Waals surface area (Å²) in [5.74, 6) is 0.415.